The van der Waals surface area contributed by atoms with Crippen molar-refractivity contribution in [1.82, 2.24) is 0 Å². The summed E-state index contributed by atoms with van der Waals surface area (Å²) in [4.78, 5) is 0. The molecule has 0 saturated carbocycles. The van der Waals surface area contributed by atoms with E-state index in [4.69, 9.17) is 20.9 Å². The number of nitrogens with two attached hydrogens (primary N) is 2. The minimum absolute atomic E-state index is 0.108. The Morgan fingerprint density at radius 1 is 0.739 bits per heavy atom. The Balaban J connectivity index is 2.49. The van der Waals surface area contributed by atoms with Crippen molar-refractivity contribution in [3.8, 4) is 11.5 Å². The average Bonchev–Trinajstić information content (AvgIpc) is 2.56. The zero-order valence-electron chi connectivity index (χ0n) is 14.2. The lowest BCUT2D eigenvalue weighted by Gasteiger charge is -2.38. The lowest BCUT2D eigenvalue weighted by Crippen LogP contribution is -2.58. The first-order valence-corrected chi connectivity index (χ1v) is 7.75. The molecule has 4 nitrogen and oxygen atoms in total. The van der Waals surface area contributed by atoms with Crippen molar-refractivity contribution >= 4 is 0 Å². The van der Waals surface area contributed by atoms with Crippen molar-refractivity contribution in [3.63, 3.8) is 0 Å². The minimum atomic E-state index is -0.872. The van der Waals surface area contributed by atoms with Crippen LogP contribution in [0.4, 0.5) is 0 Å². The highest BCUT2D eigenvalue weighted by molar-refractivity contribution is 5.41. The Bertz CT molecular complexity index is 571. The van der Waals surface area contributed by atoms with Crippen LogP contribution in [0.15, 0.2) is 48.5 Å². The Hall–Kier alpha value is -2.04. The molecule has 23 heavy (non-hydrogen) atoms. The Morgan fingerprint density at radius 3 is 1.35 bits per heavy atom. The molecule has 4 N–H and O–H groups in total. The summed E-state index contributed by atoms with van der Waals surface area (Å²) in [6.07, 6.45) is 0. The van der Waals surface area contributed by atoms with Crippen LogP contribution in [0.5, 0.6) is 11.5 Å². The number of hydrogen-bond donors (Lipinski definition) is 2. The van der Waals surface area contributed by atoms with Crippen molar-refractivity contribution in [2.75, 3.05) is 14.2 Å². The van der Waals surface area contributed by atoms with Crippen LogP contribution in [0, 0.1) is 5.92 Å². The molecular weight excluding hydrogens is 288 g/mol. The lowest BCUT2D eigenvalue weighted by atomic mass is 9.76. The summed E-state index contributed by atoms with van der Waals surface area (Å²) in [6, 6.07) is 15.8. The van der Waals surface area contributed by atoms with Crippen LogP contribution in [0.3, 0.4) is 0 Å². The van der Waals surface area contributed by atoms with Crippen LogP contribution in [0.2, 0.25) is 0 Å². The third kappa shape index (κ3) is 3.66. The maximum absolute atomic E-state index is 6.52. The molecule has 0 aliphatic heterocycles. The van der Waals surface area contributed by atoms with Gasteiger partial charge in [-0.1, -0.05) is 38.1 Å². The van der Waals surface area contributed by atoms with Gasteiger partial charge < -0.3 is 20.9 Å². The Morgan fingerprint density at radius 2 is 1.09 bits per heavy atom. The monoisotopic (exact) mass is 314 g/mol. The van der Waals surface area contributed by atoms with Gasteiger partial charge in [0.1, 0.15) is 11.5 Å². The predicted molar refractivity (Wildman–Crippen MR) is 93.8 cm³/mol. The topological polar surface area (TPSA) is 70.5 Å². The van der Waals surface area contributed by atoms with Gasteiger partial charge in [0, 0.05) is 5.92 Å². The third-order valence-corrected chi connectivity index (χ3v) is 4.40. The van der Waals surface area contributed by atoms with Crippen molar-refractivity contribution in [1.29, 1.82) is 0 Å². The van der Waals surface area contributed by atoms with Crippen molar-refractivity contribution in [2.24, 2.45) is 17.4 Å². The van der Waals surface area contributed by atoms with Gasteiger partial charge in [0.15, 0.2) is 0 Å². The number of hydrogen-bond acceptors (Lipinski definition) is 4. The summed E-state index contributed by atoms with van der Waals surface area (Å²) in [6.45, 7) is 4.08. The first kappa shape index (κ1) is 17.3. The quantitative estimate of drug-likeness (QED) is 0.804. The van der Waals surface area contributed by atoms with E-state index in [9.17, 15) is 0 Å². The first-order valence-electron chi connectivity index (χ1n) is 7.75. The van der Waals surface area contributed by atoms with E-state index >= 15 is 0 Å². The van der Waals surface area contributed by atoms with Crippen molar-refractivity contribution in [3.05, 3.63) is 59.7 Å². The molecule has 0 radical (unpaired) electrons. The molecular formula is C19H26N2O2. The van der Waals surface area contributed by atoms with Crippen LogP contribution >= 0.6 is 0 Å². The second-order valence-electron chi connectivity index (χ2n) is 6.13. The summed E-state index contributed by atoms with van der Waals surface area (Å²) < 4.78 is 10.5. The molecule has 0 atom stereocenters. The summed E-state index contributed by atoms with van der Waals surface area (Å²) in [7, 11) is 3.31. The Labute approximate surface area is 138 Å². The number of methoxy groups -OCH3 is 2. The SMILES string of the molecule is COc1ccc(C(c2ccc(OC)cc2)C(N)(N)C(C)C)cc1. The first-order chi connectivity index (χ1) is 10.9. The van der Waals surface area contributed by atoms with Gasteiger partial charge in [0.05, 0.1) is 19.9 Å². The fourth-order valence-electron chi connectivity index (χ4n) is 2.70. The summed E-state index contributed by atoms with van der Waals surface area (Å²) in [5, 5.41) is 0. The molecule has 0 heterocycles. The number of rotatable bonds is 6. The van der Waals surface area contributed by atoms with Crippen molar-refractivity contribution in [2.45, 2.75) is 25.4 Å². The van der Waals surface area contributed by atoms with Crippen LogP contribution in [0.25, 0.3) is 0 Å². The molecule has 0 saturated heterocycles. The standard InChI is InChI=1S/C19H26N2O2/c1-13(2)19(20,21)18(14-5-9-16(22-3)10-6-14)15-7-11-17(23-4)12-8-15/h5-13,18H,20-21H2,1-4H3. The van der Waals surface area contributed by atoms with E-state index in [0.29, 0.717) is 0 Å². The minimum Gasteiger partial charge on any atom is -0.497 e. The van der Waals surface area contributed by atoms with Gasteiger partial charge in [0.2, 0.25) is 0 Å². The van der Waals surface area contributed by atoms with Gasteiger partial charge in [-0.15, -0.1) is 0 Å². The highest BCUT2D eigenvalue weighted by Gasteiger charge is 2.36. The van der Waals surface area contributed by atoms with Crippen LogP contribution in [-0.4, -0.2) is 19.9 Å². The summed E-state index contributed by atoms with van der Waals surface area (Å²) in [5.41, 5.74) is 14.3. The van der Waals surface area contributed by atoms with Gasteiger partial charge in [-0.3, -0.25) is 0 Å². The van der Waals surface area contributed by atoms with E-state index in [1.165, 1.54) is 0 Å². The van der Waals surface area contributed by atoms with Crippen LogP contribution < -0.4 is 20.9 Å². The molecule has 2 aromatic rings. The van der Waals surface area contributed by atoms with Crippen molar-refractivity contribution < 1.29 is 9.47 Å². The average molecular weight is 314 g/mol. The fourth-order valence-corrected chi connectivity index (χ4v) is 2.70. The van der Waals surface area contributed by atoms with E-state index in [2.05, 4.69) is 0 Å². The molecule has 0 aliphatic rings. The maximum Gasteiger partial charge on any atom is 0.118 e. The largest absolute Gasteiger partial charge is 0.497 e. The fraction of sp³-hybridized carbons (Fsp3) is 0.368. The van der Waals surface area contributed by atoms with E-state index in [0.717, 1.165) is 22.6 Å². The molecule has 4 heteroatoms. The lowest BCUT2D eigenvalue weighted by molar-refractivity contribution is 0.284. The van der Waals surface area contributed by atoms with Gasteiger partial charge in [-0.2, -0.15) is 0 Å². The molecule has 0 spiro atoms. The van der Waals surface area contributed by atoms with Gasteiger partial charge >= 0.3 is 0 Å². The molecule has 0 fully saturated rings. The second-order valence-corrected chi connectivity index (χ2v) is 6.13. The van der Waals surface area contributed by atoms with E-state index in [1.54, 1.807) is 14.2 Å². The number of ether oxygens (including phenoxy) is 2. The van der Waals surface area contributed by atoms with E-state index in [1.807, 2.05) is 62.4 Å². The molecule has 0 unspecified atom stereocenters. The number of benzene rings is 2. The molecule has 2 rings (SSSR count). The molecule has 2 aromatic carbocycles. The summed E-state index contributed by atoms with van der Waals surface area (Å²) in [5.74, 6) is 1.61. The highest BCUT2D eigenvalue weighted by Crippen LogP contribution is 2.36. The second kappa shape index (κ2) is 7.02. The zero-order valence-corrected chi connectivity index (χ0v) is 14.2. The van der Waals surface area contributed by atoms with Crippen LogP contribution in [-0.2, 0) is 0 Å². The predicted octanol–water partition coefficient (Wildman–Crippen LogP) is 3.11. The maximum atomic E-state index is 6.52. The van der Waals surface area contributed by atoms with E-state index in [-0.39, 0.29) is 11.8 Å². The summed E-state index contributed by atoms with van der Waals surface area (Å²) >= 11 is 0. The van der Waals surface area contributed by atoms with Gasteiger partial charge in [-0.05, 0) is 41.3 Å². The molecule has 0 aromatic heterocycles. The normalized spacial score (nSPS) is 11.8. The van der Waals surface area contributed by atoms with Gasteiger partial charge in [-0.25, -0.2) is 0 Å². The molecule has 0 amide bonds. The molecule has 124 valence electrons. The van der Waals surface area contributed by atoms with Gasteiger partial charge in [0.25, 0.3) is 0 Å². The molecule has 0 bridgehead atoms. The Kier molecular flexibility index (Phi) is 5.29. The third-order valence-electron chi connectivity index (χ3n) is 4.40. The van der Waals surface area contributed by atoms with Crippen LogP contribution in [0.1, 0.15) is 30.9 Å². The zero-order chi connectivity index (χ0) is 17.0. The highest BCUT2D eigenvalue weighted by atomic mass is 16.5. The van der Waals surface area contributed by atoms with E-state index < -0.39 is 5.66 Å². The smallest absolute Gasteiger partial charge is 0.118 e. The molecule has 0 aliphatic carbocycles.